The average molecular weight is 520 g/mol. The molecular weight excluding hydrogens is 495 g/mol. The Hall–Kier alpha value is -2.18. The Morgan fingerprint density at radius 1 is 1.09 bits per heavy atom. The third-order valence-electron chi connectivity index (χ3n) is 5.41. The minimum absolute atomic E-state index is 0.0511. The highest BCUT2D eigenvalue weighted by Gasteiger charge is 2.40. The van der Waals surface area contributed by atoms with E-state index in [9.17, 15) is 22.2 Å². The maximum absolute atomic E-state index is 13.3. The van der Waals surface area contributed by atoms with Crippen molar-refractivity contribution in [2.75, 3.05) is 50.0 Å². The summed E-state index contributed by atoms with van der Waals surface area (Å²) in [5, 5.41) is 18.7. The molecule has 1 aliphatic rings. The van der Waals surface area contributed by atoms with E-state index >= 15 is 0 Å². The number of carbonyl (C=O) groups excluding carboxylic acids is 1. The van der Waals surface area contributed by atoms with Crippen molar-refractivity contribution in [2.24, 2.45) is 0 Å². The molecule has 1 aliphatic heterocycles. The predicted molar refractivity (Wildman–Crippen MR) is 124 cm³/mol. The van der Waals surface area contributed by atoms with Gasteiger partial charge in [0.1, 0.15) is 0 Å². The van der Waals surface area contributed by atoms with Gasteiger partial charge in [0.25, 0.3) is 0 Å². The first-order valence-corrected chi connectivity index (χ1v) is 12.2. The molecule has 2 amide bonds. The van der Waals surface area contributed by atoms with E-state index in [0.29, 0.717) is 16.3 Å². The standard InChI is InChI=1S/C22H25ClF3N3O4S/c23-18-4-6-19(7-5-18)29-20(16-2-1-3-17(14-16)22(24,25)26)15-27(21(29)32)10-13-34(33)28(8-11-30)9-12-31/h1-7,14,20,30-31H,8-13,15H2/t20-,34?/m1/s1. The summed E-state index contributed by atoms with van der Waals surface area (Å²) in [6.45, 7) is -0.0965. The number of urea groups is 1. The fraction of sp³-hybridized carbons (Fsp3) is 0.409. The molecule has 2 N–H and O–H groups in total. The van der Waals surface area contributed by atoms with Gasteiger partial charge in [-0.1, -0.05) is 23.7 Å². The van der Waals surface area contributed by atoms with Crippen molar-refractivity contribution in [1.29, 1.82) is 0 Å². The van der Waals surface area contributed by atoms with Crippen LogP contribution in [-0.4, -0.2) is 74.8 Å². The third-order valence-corrected chi connectivity index (χ3v) is 7.13. The highest BCUT2D eigenvalue weighted by atomic mass is 35.5. The zero-order chi connectivity index (χ0) is 24.9. The second-order valence-electron chi connectivity index (χ2n) is 7.62. The van der Waals surface area contributed by atoms with Crippen molar-refractivity contribution >= 4 is 34.3 Å². The van der Waals surface area contributed by atoms with Gasteiger partial charge in [-0.3, -0.25) is 4.90 Å². The molecular formula is C22H25ClF3N3O4S. The van der Waals surface area contributed by atoms with Gasteiger partial charge in [0.05, 0.1) is 41.6 Å². The number of aliphatic hydroxyl groups is 2. The van der Waals surface area contributed by atoms with Crippen LogP contribution in [0.5, 0.6) is 0 Å². The molecule has 7 nitrogen and oxygen atoms in total. The summed E-state index contributed by atoms with van der Waals surface area (Å²) >= 11 is 5.96. The van der Waals surface area contributed by atoms with E-state index in [4.69, 9.17) is 21.8 Å². The molecule has 1 unspecified atom stereocenters. The van der Waals surface area contributed by atoms with Gasteiger partial charge in [0.2, 0.25) is 0 Å². The lowest BCUT2D eigenvalue weighted by molar-refractivity contribution is -0.137. The van der Waals surface area contributed by atoms with Crippen molar-refractivity contribution in [3.8, 4) is 0 Å². The van der Waals surface area contributed by atoms with Gasteiger partial charge < -0.3 is 15.1 Å². The molecule has 0 bridgehead atoms. The van der Waals surface area contributed by atoms with Crippen LogP contribution in [0, 0.1) is 0 Å². The van der Waals surface area contributed by atoms with Crippen molar-refractivity contribution < 1.29 is 32.4 Å². The van der Waals surface area contributed by atoms with Gasteiger partial charge in [-0.2, -0.15) is 13.2 Å². The van der Waals surface area contributed by atoms with Gasteiger partial charge in [-0.25, -0.2) is 13.3 Å². The van der Waals surface area contributed by atoms with Crippen LogP contribution in [0.3, 0.4) is 0 Å². The number of anilines is 1. The summed E-state index contributed by atoms with van der Waals surface area (Å²) in [7, 11) is -1.56. The number of rotatable bonds is 10. The van der Waals surface area contributed by atoms with Crippen LogP contribution in [0.15, 0.2) is 48.5 Å². The van der Waals surface area contributed by atoms with E-state index in [1.54, 1.807) is 30.3 Å². The summed E-state index contributed by atoms with van der Waals surface area (Å²) in [6.07, 6.45) is -4.52. The van der Waals surface area contributed by atoms with Gasteiger partial charge >= 0.3 is 12.2 Å². The molecule has 0 aromatic heterocycles. The Kier molecular flexibility index (Phi) is 8.94. The average Bonchev–Trinajstić information content (AvgIpc) is 3.13. The molecule has 1 fully saturated rings. The summed E-state index contributed by atoms with van der Waals surface area (Å²) < 4.78 is 53.9. The first-order valence-electron chi connectivity index (χ1n) is 10.5. The Morgan fingerprint density at radius 3 is 2.32 bits per heavy atom. The Bertz CT molecular complexity index is 1000. The van der Waals surface area contributed by atoms with Crippen LogP contribution in [0.1, 0.15) is 17.2 Å². The predicted octanol–water partition coefficient (Wildman–Crippen LogP) is 3.29. The molecule has 2 aromatic rings. The van der Waals surface area contributed by atoms with Gasteiger partial charge in [-0.15, -0.1) is 0 Å². The van der Waals surface area contributed by atoms with Crippen LogP contribution in [0.2, 0.25) is 5.02 Å². The van der Waals surface area contributed by atoms with Crippen LogP contribution >= 0.6 is 11.6 Å². The number of nitrogens with zero attached hydrogens (tertiary/aromatic N) is 3. The van der Waals surface area contributed by atoms with Crippen molar-refractivity contribution in [3.63, 3.8) is 0 Å². The summed E-state index contributed by atoms with van der Waals surface area (Å²) in [4.78, 5) is 16.1. The Balaban J connectivity index is 1.86. The van der Waals surface area contributed by atoms with Gasteiger partial charge in [-0.05, 0) is 42.0 Å². The van der Waals surface area contributed by atoms with Crippen LogP contribution in [0.4, 0.5) is 23.7 Å². The SMILES string of the molecule is O=C1N(CCS(=O)N(CCO)CCO)C[C@H](c2cccc(C(F)(F)F)c2)N1c1ccc(Cl)cc1. The lowest BCUT2D eigenvalue weighted by Gasteiger charge is -2.24. The second-order valence-corrected chi connectivity index (χ2v) is 9.62. The normalized spacial score (nSPS) is 17.6. The number of aliphatic hydroxyl groups excluding tert-OH is 2. The molecule has 2 aromatic carbocycles. The van der Waals surface area contributed by atoms with Gasteiger partial charge in [0, 0.05) is 36.9 Å². The number of halogens is 4. The van der Waals surface area contributed by atoms with Crippen LogP contribution in [-0.2, 0) is 17.2 Å². The molecule has 3 rings (SSSR count). The lowest BCUT2D eigenvalue weighted by atomic mass is 10.0. The molecule has 12 heteroatoms. The van der Waals surface area contributed by atoms with Crippen molar-refractivity contribution in [2.45, 2.75) is 12.2 Å². The molecule has 34 heavy (non-hydrogen) atoms. The maximum Gasteiger partial charge on any atom is 0.416 e. The topological polar surface area (TPSA) is 84.3 Å². The monoisotopic (exact) mass is 519 g/mol. The first kappa shape index (κ1) is 26.4. The fourth-order valence-corrected chi connectivity index (χ4v) is 5.10. The second kappa shape index (κ2) is 11.5. The number of carbonyl (C=O) groups is 1. The van der Waals surface area contributed by atoms with E-state index < -0.39 is 34.8 Å². The Morgan fingerprint density at radius 2 is 1.74 bits per heavy atom. The minimum atomic E-state index is -4.52. The number of benzene rings is 2. The molecule has 2 atom stereocenters. The zero-order valence-corrected chi connectivity index (χ0v) is 19.7. The van der Waals surface area contributed by atoms with E-state index in [1.807, 2.05) is 0 Å². The molecule has 0 spiro atoms. The first-order chi connectivity index (χ1) is 16.2. The summed E-state index contributed by atoms with van der Waals surface area (Å²) in [5.41, 5.74) is -0.0109. The smallest absolute Gasteiger partial charge is 0.395 e. The molecule has 186 valence electrons. The molecule has 1 heterocycles. The van der Waals surface area contributed by atoms with Crippen molar-refractivity contribution in [3.05, 3.63) is 64.7 Å². The fourth-order valence-electron chi connectivity index (χ4n) is 3.77. The zero-order valence-electron chi connectivity index (χ0n) is 18.1. The number of hydrogen-bond donors (Lipinski definition) is 2. The van der Waals surface area contributed by atoms with E-state index in [0.717, 1.165) is 12.1 Å². The molecule has 0 radical (unpaired) electrons. The van der Waals surface area contributed by atoms with Gasteiger partial charge in [0.15, 0.2) is 0 Å². The largest absolute Gasteiger partial charge is 0.416 e. The molecule has 1 saturated heterocycles. The van der Waals surface area contributed by atoms with Crippen molar-refractivity contribution in [1.82, 2.24) is 9.21 Å². The number of hydrogen-bond acceptors (Lipinski definition) is 4. The third kappa shape index (κ3) is 6.28. The summed E-state index contributed by atoms with van der Waals surface area (Å²) in [5.74, 6) is 0.0511. The summed E-state index contributed by atoms with van der Waals surface area (Å²) in [6, 6.07) is 10.1. The molecule has 0 aliphatic carbocycles. The van der Waals surface area contributed by atoms with E-state index in [-0.39, 0.29) is 45.1 Å². The quantitative estimate of drug-likeness (QED) is 0.504. The minimum Gasteiger partial charge on any atom is -0.395 e. The van der Waals surface area contributed by atoms with Crippen LogP contribution in [0.25, 0.3) is 0 Å². The number of amides is 2. The lowest BCUT2D eigenvalue weighted by Crippen LogP contribution is -2.38. The number of alkyl halides is 3. The maximum atomic E-state index is 13.3. The Labute approximate surface area is 202 Å². The highest BCUT2D eigenvalue weighted by Crippen LogP contribution is 2.37. The highest BCUT2D eigenvalue weighted by molar-refractivity contribution is 7.82. The van der Waals surface area contributed by atoms with E-state index in [1.165, 1.54) is 20.2 Å². The van der Waals surface area contributed by atoms with Crippen LogP contribution < -0.4 is 4.90 Å². The van der Waals surface area contributed by atoms with E-state index in [2.05, 4.69) is 0 Å². The molecule has 0 saturated carbocycles.